The van der Waals surface area contributed by atoms with Gasteiger partial charge in [0, 0.05) is 37.7 Å². The number of nitrogens with zero attached hydrogens (tertiary/aromatic N) is 3. The Balaban J connectivity index is 1.87. The predicted octanol–water partition coefficient (Wildman–Crippen LogP) is 6.12. The van der Waals surface area contributed by atoms with Crippen LogP contribution < -0.4 is 5.32 Å². The third kappa shape index (κ3) is 7.23. The number of allylic oxidation sites excluding steroid dienone is 2. The molecule has 35 heavy (non-hydrogen) atoms. The first kappa shape index (κ1) is 26.6. The van der Waals surface area contributed by atoms with E-state index < -0.39 is 14.0 Å². The smallest absolute Gasteiger partial charge is 0.291 e. The minimum atomic E-state index is -1.24. The summed E-state index contributed by atoms with van der Waals surface area (Å²) in [6, 6.07) is 8.43. The molecule has 0 radical (unpaired) electrons. The Morgan fingerprint density at radius 1 is 1.29 bits per heavy atom. The van der Waals surface area contributed by atoms with Crippen molar-refractivity contribution in [2.45, 2.75) is 72.4 Å². The van der Waals surface area contributed by atoms with E-state index in [1.54, 1.807) is 16.7 Å². The number of aromatic nitrogens is 2. The van der Waals surface area contributed by atoms with Crippen LogP contribution in [0.5, 0.6) is 0 Å². The second kappa shape index (κ2) is 10.7. The van der Waals surface area contributed by atoms with Gasteiger partial charge >= 0.3 is 0 Å². The third-order valence-corrected chi connectivity index (χ3v) is 8.02. The maximum Gasteiger partial charge on any atom is 0.291 e. The lowest BCUT2D eigenvalue weighted by Gasteiger charge is -2.29. The molecule has 1 aromatic carbocycles. The number of hydrogen-bond donors (Lipinski definition) is 1. The minimum absolute atomic E-state index is 0.0742. The number of ketones is 1. The fraction of sp³-hybridized carbons (Fsp3) is 0.481. The number of carbonyl (C=O) groups excluding carboxylic acids is 2. The van der Waals surface area contributed by atoms with Crippen LogP contribution in [0.15, 0.2) is 30.5 Å². The highest BCUT2D eigenvalue weighted by atomic mass is 28.3. The maximum atomic E-state index is 13.3. The molecule has 1 aliphatic carbocycles. The summed E-state index contributed by atoms with van der Waals surface area (Å²) in [5.41, 5.74) is 3.56. The molecule has 2 aromatic rings. The van der Waals surface area contributed by atoms with Crippen LogP contribution in [0.3, 0.4) is 0 Å². The van der Waals surface area contributed by atoms with Gasteiger partial charge in [0.2, 0.25) is 5.82 Å². The second-order valence-corrected chi connectivity index (χ2v) is 16.9. The molecule has 1 N–H and O–H groups in total. The summed E-state index contributed by atoms with van der Waals surface area (Å²) in [5.74, 6) is -0.415. The van der Waals surface area contributed by atoms with Crippen molar-refractivity contribution in [3.8, 4) is 6.07 Å². The van der Waals surface area contributed by atoms with Gasteiger partial charge in [0.15, 0.2) is 11.5 Å². The van der Waals surface area contributed by atoms with Crippen molar-refractivity contribution in [3.63, 3.8) is 0 Å². The SMILES string of the molecule is CC(=O)c1ccc(C2=CCC(C)(C)CC2)c(NC(=O)c2nc(C#N)cn2COCC[Si](C)(C)C)c1. The zero-order valence-electron chi connectivity index (χ0n) is 21.7. The molecule has 0 bridgehead atoms. The third-order valence-electron chi connectivity index (χ3n) is 6.31. The van der Waals surface area contributed by atoms with E-state index in [9.17, 15) is 14.9 Å². The lowest BCUT2D eigenvalue weighted by Crippen LogP contribution is -2.23. The van der Waals surface area contributed by atoms with E-state index in [0.717, 1.165) is 36.4 Å². The summed E-state index contributed by atoms with van der Waals surface area (Å²) in [5, 5.41) is 12.3. The van der Waals surface area contributed by atoms with E-state index in [0.29, 0.717) is 17.9 Å². The van der Waals surface area contributed by atoms with Gasteiger partial charge in [-0.3, -0.25) is 9.59 Å². The van der Waals surface area contributed by atoms with Gasteiger partial charge in [-0.15, -0.1) is 0 Å². The van der Waals surface area contributed by atoms with Crippen molar-refractivity contribution in [2.75, 3.05) is 11.9 Å². The van der Waals surface area contributed by atoms with Crippen molar-refractivity contribution in [3.05, 3.63) is 53.1 Å². The number of imidazole rings is 1. The monoisotopic (exact) mass is 492 g/mol. The Morgan fingerprint density at radius 2 is 2.03 bits per heavy atom. The summed E-state index contributed by atoms with van der Waals surface area (Å²) in [4.78, 5) is 29.6. The van der Waals surface area contributed by atoms with Crippen molar-refractivity contribution in [1.82, 2.24) is 9.55 Å². The Bertz CT molecular complexity index is 1180. The van der Waals surface area contributed by atoms with E-state index in [-0.39, 0.29) is 29.4 Å². The summed E-state index contributed by atoms with van der Waals surface area (Å²) in [6.07, 6.45) is 6.65. The van der Waals surface area contributed by atoms with Crippen LogP contribution in [0, 0.1) is 16.7 Å². The van der Waals surface area contributed by atoms with Crippen LogP contribution in [0.4, 0.5) is 5.69 Å². The molecule has 0 atom stereocenters. The van der Waals surface area contributed by atoms with Crippen LogP contribution in [0.25, 0.3) is 5.57 Å². The normalized spacial score (nSPS) is 15.3. The molecular weight excluding hydrogens is 456 g/mol. The Morgan fingerprint density at radius 3 is 2.63 bits per heavy atom. The molecule has 0 saturated heterocycles. The van der Waals surface area contributed by atoms with Gasteiger partial charge in [-0.2, -0.15) is 5.26 Å². The highest BCUT2D eigenvalue weighted by Crippen LogP contribution is 2.40. The molecule has 0 spiro atoms. The molecule has 0 unspecified atom stereocenters. The first-order valence-electron chi connectivity index (χ1n) is 12.1. The van der Waals surface area contributed by atoms with Crippen LogP contribution in [-0.4, -0.2) is 35.9 Å². The number of Topliss-reactive ketones (excluding diaryl/α,β-unsaturated/α-hetero) is 1. The molecule has 186 valence electrons. The molecule has 1 aromatic heterocycles. The van der Waals surface area contributed by atoms with Gasteiger partial charge in [0.05, 0.1) is 0 Å². The lowest BCUT2D eigenvalue weighted by atomic mass is 9.77. The first-order chi connectivity index (χ1) is 16.4. The van der Waals surface area contributed by atoms with Gasteiger partial charge < -0.3 is 14.6 Å². The molecule has 8 heteroatoms. The number of carbonyl (C=O) groups is 2. The summed E-state index contributed by atoms with van der Waals surface area (Å²) in [6.45, 7) is 13.6. The molecule has 1 heterocycles. The number of rotatable bonds is 9. The number of amides is 1. The molecular formula is C27H36N4O3Si. The number of anilines is 1. The summed E-state index contributed by atoms with van der Waals surface area (Å²) < 4.78 is 7.36. The minimum Gasteiger partial charge on any atom is -0.361 e. The van der Waals surface area contributed by atoms with Gasteiger partial charge in [0.1, 0.15) is 12.8 Å². The Labute approximate surface area is 209 Å². The van der Waals surface area contributed by atoms with Crippen molar-refractivity contribution < 1.29 is 14.3 Å². The predicted molar refractivity (Wildman–Crippen MR) is 141 cm³/mol. The highest BCUT2D eigenvalue weighted by Gasteiger charge is 2.24. The van der Waals surface area contributed by atoms with E-state index in [1.165, 1.54) is 13.1 Å². The topological polar surface area (TPSA) is 97.0 Å². The second-order valence-electron chi connectivity index (χ2n) is 11.2. The largest absolute Gasteiger partial charge is 0.361 e. The van der Waals surface area contributed by atoms with Crippen molar-refractivity contribution in [1.29, 1.82) is 5.26 Å². The molecule has 0 fully saturated rings. The van der Waals surface area contributed by atoms with E-state index in [4.69, 9.17) is 4.74 Å². The molecule has 1 aliphatic rings. The first-order valence-corrected chi connectivity index (χ1v) is 15.8. The number of hydrogen-bond acceptors (Lipinski definition) is 5. The average Bonchev–Trinajstić information content (AvgIpc) is 3.20. The fourth-order valence-electron chi connectivity index (χ4n) is 3.94. The maximum absolute atomic E-state index is 13.3. The number of benzene rings is 1. The van der Waals surface area contributed by atoms with Crippen molar-refractivity contribution in [2.24, 2.45) is 5.41 Å². The summed E-state index contributed by atoms with van der Waals surface area (Å²) >= 11 is 0. The quantitative estimate of drug-likeness (QED) is 0.258. The number of ether oxygens (including phenoxy) is 1. The van der Waals surface area contributed by atoms with Crippen LogP contribution in [0.2, 0.25) is 25.7 Å². The molecule has 0 aliphatic heterocycles. The Kier molecular flexibility index (Phi) is 8.13. The van der Waals surface area contributed by atoms with Gasteiger partial charge in [-0.1, -0.05) is 51.7 Å². The van der Waals surface area contributed by atoms with E-state index in [2.05, 4.69) is 49.9 Å². The molecule has 3 rings (SSSR count). The highest BCUT2D eigenvalue weighted by molar-refractivity contribution is 6.76. The zero-order valence-corrected chi connectivity index (χ0v) is 22.7. The van der Waals surface area contributed by atoms with Gasteiger partial charge in [0.25, 0.3) is 5.91 Å². The summed E-state index contributed by atoms with van der Waals surface area (Å²) in [7, 11) is -1.24. The van der Waals surface area contributed by atoms with Crippen LogP contribution in [-0.2, 0) is 11.5 Å². The van der Waals surface area contributed by atoms with Gasteiger partial charge in [-0.05, 0) is 49.3 Å². The average molecular weight is 493 g/mol. The molecule has 1 amide bonds. The molecule has 0 saturated carbocycles. The fourth-order valence-corrected chi connectivity index (χ4v) is 4.69. The number of nitriles is 1. The standard InChI is InChI=1S/C27H36N4O3Si/c1-19(32)21-7-8-23(20-9-11-27(2,3)12-10-20)24(15-21)30-26(33)25-29-22(16-28)17-31(25)18-34-13-14-35(4,5)6/h7-9,15,17H,10-14,18H2,1-6H3,(H,30,33). The van der Waals surface area contributed by atoms with Gasteiger partial charge in [-0.25, -0.2) is 4.98 Å². The number of nitrogens with one attached hydrogen (secondary N) is 1. The van der Waals surface area contributed by atoms with Crippen LogP contribution >= 0.6 is 0 Å². The van der Waals surface area contributed by atoms with Crippen LogP contribution in [0.1, 0.15) is 72.3 Å². The van der Waals surface area contributed by atoms with E-state index >= 15 is 0 Å². The molecule has 7 nitrogen and oxygen atoms in total. The lowest BCUT2D eigenvalue weighted by molar-refractivity contribution is 0.0808. The zero-order chi connectivity index (χ0) is 25.8. The van der Waals surface area contributed by atoms with E-state index in [1.807, 2.05) is 12.1 Å². The Hall–Kier alpha value is -3.02. The van der Waals surface area contributed by atoms with Crippen molar-refractivity contribution >= 4 is 31.0 Å².